The van der Waals surface area contributed by atoms with Crippen LogP contribution >= 0.6 is 0 Å². The number of nitrogens with two attached hydrogens (primary N) is 1. The number of hydrogen-bond acceptors (Lipinski definition) is 3. The summed E-state index contributed by atoms with van der Waals surface area (Å²) in [6.07, 6.45) is 3.22. The van der Waals surface area contributed by atoms with E-state index in [9.17, 15) is 0 Å². The molecule has 3 heteroatoms. The van der Waals surface area contributed by atoms with Gasteiger partial charge in [0.1, 0.15) is 5.75 Å². The van der Waals surface area contributed by atoms with Crippen molar-refractivity contribution in [1.82, 2.24) is 5.43 Å². The molecule has 2 aromatic rings. The average Bonchev–Trinajstić information content (AvgIpc) is 2.96. The minimum atomic E-state index is 0.203. The van der Waals surface area contributed by atoms with Gasteiger partial charge in [0.2, 0.25) is 0 Å². The highest BCUT2D eigenvalue weighted by atomic mass is 16.5. The summed E-state index contributed by atoms with van der Waals surface area (Å²) in [5.74, 6) is 7.46. The topological polar surface area (TPSA) is 47.3 Å². The molecule has 0 saturated heterocycles. The monoisotopic (exact) mass is 280 g/mol. The third-order valence-corrected chi connectivity index (χ3v) is 4.80. The maximum Gasteiger partial charge on any atom is 0.122 e. The van der Waals surface area contributed by atoms with Crippen LogP contribution in [-0.4, -0.2) is 6.61 Å². The van der Waals surface area contributed by atoms with Crippen molar-refractivity contribution < 1.29 is 4.74 Å². The van der Waals surface area contributed by atoms with Gasteiger partial charge in [-0.15, -0.1) is 0 Å². The second kappa shape index (κ2) is 5.17. The lowest BCUT2D eigenvalue weighted by Gasteiger charge is -2.33. The van der Waals surface area contributed by atoms with E-state index in [1.54, 1.807) is 0 Å². The molecule has 0 bridgehead atoms. The van der Waals surface area contributed by atoms with Gasteiger partial charge in [0.15, 0.2) is 0 Å². The molecule has 0 spiro atoms. The van der Waals surface area contributed by atoms with E-state index in [0.717, 1.165) is 25.2 Å². The molecule has 2 atom stereocenters. The van der Waals surface area contributed by atoms with Gasteiger partial charge in [-0.05, 0) is 47.1 Å². The van der Waals surface area contributed by atoms with Gasteiger partial charge in [-0.25, -0.2) is 0 Å². The van der Waals surface area contributed by atoms with E-state index in [1.807, 2.05) is 0 Å². The maximum atomic E-state index is 5.82. The first kappa shape index (κ1) is 12.9. The first-order chi connectivity index (χ1) is 10.3. The van der Waals surface area contributed by atoms with Crippen molar-refractivity contribution in [2.24, 2.45) is 5.84 Å². The third kappa shape index (κ3) is 2.23. The van der Waals surface area contributed by atoms with Crippen LogP contribution in [0, 0.1) is 0 Å². The fraction of sp³-hybridized carbons (Fsp3) is 0.333. The van der Waals surface area contributed by atoms with Crippen molar-refractivity contribution in [1.29, 1.82) is 0 Å². The molecule has 1 aliphatic heterocycles. The number of hydrogen-bond donors (Lipinski definition) is 2. The van der Waals surface area contributed by atoms with Gasteiger partial charge < -0.3 is 4.74 Å². The molecule has 1 aliphatic carbocycles. The minimum absolute atomic E-state index is 0.203. The zero-order chi connectivity index (χ0) is 14.2. The molecule has 2 aromatic carbocycles. The van der Waals surface area contributed by atoms with E-state index in [0.29, 0.717) is 5.92 Å². The van der Waals surface area contributed by atoms with E-state index in [-0.39, 0.29) is 6.04 Å². The number of rotatable bonds is 4. The van der Waals surface area contributed by atoms with Crippen LogP contribution < -0.4 is 16.0 Å². The minimum Gasteiger partial charge on any atom is -0.493 e. The van der Waals surface area contributed by atoms with Crippen molar-refractivity contribution in [3.05, 3.63) is 64.7 Å². The Morgan fingerprint density at radius 1 is 1.19 bits per heavy atom. The second-order valence-electron chi connectivity index (χ2n) is 6.02. The Kier molecular flexibility index (Phi) is 3.17. The SMILES string of the molecule is NNC(CC1Cc2ccccc21)c1ccc2c(c1)CCO2. The molecular weight excluding hydrogens is 260 g/mol. The van der Waals surface area contributed by atoms with Crippen LogP contribution in [0.2, 0.25) is 0 Å². The van der Waals surface area contributed by atoms with Crippen molar-refractivity contribution in [2.45, 2.75) is 31.2 Å². The average molecular weight is 280 g/mol. The van der Waals surface area contributed by atoms with E-state index in [1.165, 1.54) is 28.7 Å². The summed E-state index contributed by atoms with van der Waals surface area (Å²) in [6.45, 7) is 0.801. The fourth-order valence-corrected chi connectivity index (χ4v) is 3.58. The van der Waals surface area contributed by atoms with Gasteiger partial charge in [0.25, 0.3) is 0 Å². The second-order valence-corrected chi connectivity index (χ2v) is 6.02. The van der Waals surface area contributed by atoms with Crippen LogP contribution in [0.4, 0.5) is 0 Å². The van der Waals surface area contributed by atoms with E-state index < -0.39 is 0 Å². The van der Waals surface area contributed by atoms with Gasteiger partial charge in [-0.3, -0.25) is 11.3 Å². The van der Waals surface area contributed by atoms with Gasteiger partial charge in [-0.1, -0.05) is 36.4 Å². The van der Waals surface area contributed by atoms with Crippen molar-refractivity contribution in [3.63, 3.8) is 0 Å². The number of hydrazine groups is 1. The molecule has 2 unspecified atom stereocenters. The molecule has 0 fully saturated rings. The van der Waals surface area contributed by atoms with Crippen LogP contribution in [0.25, 0.3) is 0 Å². The molecule has 0 saturated carbocycles. The van der Waals surface area contributed by atoms with Crippen LogP contribution in [-0.2, 0) is 12.8 Å². The van der Waals surface area contributed by atoms with E-state index in [4.69, 9.17) is 10.6 Å². The van der Waals surface area contributed by atoms with E-state index >= 15 is 0 Å². The maximum absolute atomic E-state index is 5.82. The van der Waals surface area contributed by atoms with Gasteiger partial charge in [-0.2, -0.15) is 0 Å². The lowest BCUT2D eigenvalue weighted by atomic mass is 9.74. The Morgan fingerprint density at radius 3 is 2.95 bits per heavy atom. The normalized spacial score (nSPS) is 20.1. The predicted octanol–water partition coefficient (Wildman–Crippen LogP) is 2.86. The molecular formula is C18H20N2O. The third-order valence-electron chi connectivity index (χ3n) is 4.80. The largest absolute Gasteiger partial charge is 0.493 e. The van der Waals surface area contributed by atoms with Gasteiger partial charge >= 0.3 is 0 Å². The van der Waals surface area contributed by atoms with Crippen LogP contribution in [0.3, 0.4) is 0 Å². The summed E-state index contributed by atoms with van der Waals surface area (Å²) < 4.78 is 5.58. The van der Waals surface area contributed by atoms with Gasteiger partial charge in [0, 0.05) is 12.5 Å². The smallest absolute Gasteiger partial charge is 0.122 e. The Labute approximate surface area is 125 Å². The molecule has 4 rings (SSSR count). The van der Waals surface area contributed by atoms with Crippen LogP contribution in [0.15, 0.2) is 42.5 Å². The molecule has 21 heavy (non-hydrogen) atoms. The standard InChI is InChI=1S/C18H20N2O/c19-20-17(11-15-9-12-3-1-2-4-16(12)15)13-5-6-18-14(10-13)7-8-21-18/h1-6,10,15,17,20H,7-9,11,19H2. The molecule has 0 radical (unpaired) electrons. The highest BCUT2D eigenvalue weighted by molar-refractivity contribution is 5.43. The lowest BCUT2D eigenvalue weighted by molar-refractivity contribution is 0.356. The first-order valence-electron chi connectivity index (χ1n) is 7.64. The summed E-state index contributed by atoms with van der Waals surface area (Å²) >= 11 is 0. The quantitative estimate of drug-likeness (QED) is 0.669. The Hall–Kier alpha value is -1.84. The zero-order valence-corrected chi connectivity index (χ0v) is 12.0. The van der Waals surface area contributed by atoms with Crippen LogP contribution in [0.5, 0.6) is 5.75 Å². The summed E-state index contributed by atoms with van der Waals surface area (Å²) in [4.78, 5) is 0. The summed E-state index contributed by atoms with van der Waals surface area (Å²) in [6, 6.07) is 15.4. The number of benzene rings is 2. The van der Waals surface area contributed by atoms with Crippen LogP contribution in [0.1, 0.15) is 40.6 Å². The lowest BCUT2D eigenvalue weighted by Crippen LogP contribution is -2.31. The molecule has 1 heterocycles. The highest BCUT2D eigenvalue weighted by Gasteiger charge is 2.28. The predicted molar refractivity (Wildman–Crippen MR) is 83.2 cm³/mol. The molecule has 0 amide bonds. The Balaban J connectivity index is 1.53. The fourth-order valence-electron chi connectivity index (χ4n) is 3.58. The Bertz CT molecular complexity index is 668. The highest BCUT2D eigenvalue weighted by Crippen LogP contribution is 2.41. The summed E-state index contributed by atoms with van der Waals surface area (Å²) in [7, 11) is 0. The number of ether oxygens (including phenoxy) is 1. The van der Waals surface area contributed by atoms with Crippen molar-refractivity contribution >= 4 is 0 Å². The van der Waals surface area contributed by atoms with Crippen molar-refractivity contribution in [2.75, 3.05) is 6.61 Å². The van der Waals surface area contributed by atoms with Gasteiger partial charge in [0.05, 0.1) is 6.61 Å². The molecule has 0 aromatic heterocycles. The molecule has 3 N–H and O–H groups in total. The summed E-state index contributed by atoms with van der Waals surface area (Å²) in [5.41, 5.74) is 8.55. The van der Waals surface area contributed by atoms with Crippen molar-refractivity contribution in [3.8, 4) is 5.75 Å². The summed E-state index contributed by atoms with van der Waals surface area (Å²) in [5, 5.41) is 0. The zero-order valence-electron chi connectivity index (χ0n) is 12.0. The number of nitrogens with one attached hydrogen (secondary N) is 1. The Morgan fingerprint density at radius 2 is 2.10 bits per heavy atom. The molecule has 2 aliphatic rings. The molecule has 108 valence electrons. The number of fused-ring (bicyclic) bond motifs is 2. The van der Waals surface area contributed by atoms with E-state index in [2.05, 4.69) is 47.9 Å². The molecule has 3 nitrogen and oxygen atoms in total. The first-order valence-corrected chi connectivity index (χ1v) is 7.64.